The molecule has 1 aromatic heterocycles. The minimum absolute atomic E-state index is 0.172. The van der Waals surface area contributed by atoms with Gasteiger partial charge in [0.1, 0.15) is 5.82 Å². The Morgan fingerprint density at radius 3 is 2.19 bits per heavy atom. The fraction of sp³-hybridized carbons (Fsp3) is 0.312. The van der Waals surface area contributed by atoms with Crippen molar-refractivity contribution < 1.29 is 9.59 Å². The molecule has 5 heteroatoms. The minimum Gasteiger partial charge on any atom is -0.335 e. The second-order valence-corrected chi connectivity index (χ2v) is 5.18. The van der Waals surface area contributed by atoms with E-state index in [1.165, 1.54) is 4.90 Å². The van der Waals surface area contributed by atoms with Gasteiger partial charge >= 0.3 is 0 Å². The first-order chi connectivity index (χ1) is 10.2. The first kappa shape index (κ1) is 13.5. The van der Waals surface area contributed by atoms with Gasteiger partial charge in [0.2, 0.25) is 0 Å². The van der Waals surface area contributed by atoms with E-state index in [1.54, 1.807) is 30.5 Å². The van der Waals surface area contributed by atoms with Crippen LogP contribution in [-0.2, 0) is 6.54 Å². The molecule has 0 fully saturated rings. The molecule has 21 heavy (non-hydrogen) atoms. The Labute approximate surface area is 123 Å². The number of nitrogens with zero attached hydrogens (tertiary/aromatic N) is 3. The topological polar surface area (TPSA) is 55.2 Å². The number of imidazole rings is 1. The van der Waals surface area contributed by atoms with Crippen LogP contribution in [0.1, 0.15) is 39.4 Å². The molecule has 5 nitrogen and oxygen atoms in total. The van der Waals surface area contributed by atoms with Crippen molar-refractivity contribution in [3.05, 3.63) is 53.6 Å². The maximum absolute atomic E-state index is 12.2. The predicted molar refractivity (Wildman–Crippen MR) is 78.0 cm³/mol. The number of rotatable bonds is 5. The monoisotopic (exact) mass is 283 g/mol. The number of unbranched alkanes of at least 4 members (excludes halogenated alkanes) is 1. The average molecular weight is 283 g/mol. The Morgan fingerprint density at radius 2 is 1.62 bits per heavy atom. The summed E-state index contributed by atoms with van der Waals surface area (Å²) in [6.45, 7) is 3.29. The van der Waals surface area contributed by atoms with Crippen molar-refractivity contribution in [1.29, 1.82) is 0 Å². The van der Waals surface area contributed by atoms with Gasteiger partial charge in [-0.25, -0.2) is 4.98 Å². The Morgan fingerprint density at radius 1 is 1.00 bits per heavy atom. The first-order valence-electron chi connectivity index (χ1n) is 7.11. The molecule has 2 heterocycles. The van der Waals surface area contributed by atoms with Gasteiger partial charge in [-0.15, -0.1) is 0 Å². The molecule has 0 N–H and O–H groups in total. The Hall–Kier alpha value is -2.43. The highest BCUT2D eigenvalue weighted by molar-refractivity contribution is 6.21. The Kier molecular flexibility index (Phi) is 3.56. The summed E-state index contributed by atoms with van der Waals surface area (Å²) in [4.78, 5) is 29.9. The summed E-state index contributed by atoms with van der Waals surface area (Å²) in [6, 6.07) is 7.00. The molecule has 0 atom stereocenters. The van der Waals surface area contributed by atoms with Crippen molar-refractivity contribution in [1.82, 2.24) is 14.5 Å². The third-order valence-electron chi connectivity index (χ3n) is 3.83. The molecule has 2 amide bonds. The zero-order chi connectivity index (χ0) is 14.8. The fourth-order valence-electron chi connectivity index (χ4n) is 2.63. The quantitative estimate of drug-likeness (QED) is 0.625. The van der Waals surface area contributed by atoms with Crippen LogP contribution in [0.4, 0.5) is 0 Å². The molecule has 0 unspecified atom stereocenters. The van der Waals surface area contributed by atoms with E-state index in [0.717, 1.165) is 25.2 Å². The molecule has 1 aliphatic heterocycles. The molecular weight excluding hydrogens is 266 g/mol. The number of benzene rings is 1. The van der Waals surface area contributed by atoms with Crippen molar-refractivity contribution in [2.24, 2.45) is 0 Å². The summed E-state index contributed by atoms with van der Waals surface area (Å²) in [5, 5.41) is 0. The van der Waals surface area contributed by atoms with Gasteiger partial charge in [-0.3, -0.25) is 14.5 Å². The Balaban J connectivity index is 1.56. The van der Waals surface area contributed by atoms with Gasteiger partial charge in [-0.05, 0) is 31.9 Å². The summed E-state index contributed by atoms with van der Waals surface area (Å²) in [7, 11) is 0. The highest BCUT2D eigenvalue weighted by Gasteiger charge is 2.34. The largest absolute Gasteiger partial charge is 0.335 e. The van der Waals surface area contributed by atoms with Crippen molar-refractivity contribution >= 4 is 11.8 Å². The number of hydrogen-bond donors (Lipinski definition) is 0. The molecule has 3 rings (SSSR count). The zero-order valence-electron chi connectivity index (χ0n) is 12.0. The van der Waals surface area contributed by atoms with Gasteiger partial charge in [-0.2, -0.15) is 0 Å². The molecule has 0 spiro atoms. The normalized spacial score (nSPS) is 13.9. The molecule has 0 bridgehead atoms. The van der Waals surface area contributed by atoms with Crippen LogP contribution in [0.25, 0.3) is 0 Å². The van der Waals surface area contributed by atoms with Gasteiger partial charge in [0.15, 0.2) is 0 Å². The summed E-state index contributed by atoms with van der Waals surface area (Å²) in [5.74, 6) is 0.638. The molecule has 0 radical (unpaired) electrons. The van der Waals surface area contributed by atoms with Gasteiger partial charge in [-0.1, -0.05) is 12.1 Å². The van der Waals surface area contributed by atoms with E-state index in [9.17, 15) is 9.59 Å². The molecule has 1 aliphatic rings. The number of aromatic nitrogens is 2. The van der Waals surface area contributed by atoms with E-state index in [4.69, 9.17) is 0 Å². The van der Waals surface area contributed by atoms with Crippen molar-refractivity contribution in [3.63, 3.8) is 0 Å². The summed E-state index contributed by atoms with van der Waals surface area (Å²) < 4.78 is 2.07. The Bertz CT molecular complexity index is 655. The average Bonchev–Trinajstić information content (AvgIpc) is 3.00. The summed E-state index contributed by atoms with van der Waals surface area (Å²) in [6.07, 6.45) is 5.42. The van der Waals surface area contributed by atoms with Gasteiger partial charge in [0, 0.05) is 25.5 Å². The van der Waals surface area contributed by atoms with E-state index >= 15 is 0 Å². The van der Waals surface area contributed by atoms with Crippen molar-refractivity contribution in [3.8, 4) is 0 Å². The van der Waals surface area contributed by atoms with E-state index in [2.05, 4.69) is 9.55 Å². The predicted octanol–water partition coefficient (Wildman–Crippen LogP) is 2.27. The lowest BCUT2D eigenvalue weighted by Crippen LogP contribution is -2.30. The SMILES string of the molecule is Cc1nccn1CCCCN1C(=O)c2ccccc2C1=O. The van der Waals surface area contributed by atoms with Crippen LogP contribution in [0.2, 0.25) is 0 Å². The van der Waals surface area contributed by atoms with Crippen LogP contribution >= 0.6 is 0 Å². The van der Waals surface area contributed by atoms with Crippen LogP contribution in [0.3, 0.4) is 0 Å². The van der Waals surface area contributed by atoms with Gasteiger partial charge in [0.05, 0.1) is 11.1 Å². The molecule has 0 saturated carbocycles. The van der Waals surface area contributed by atoms with Crippen LogP contribution in [0.15, 0.2) is 36.7 Å². The number of carbonyl (C=O) groups excluding carboxylic acids is 2. The second-order valence-electron chi connectivity index (χ2n) is 5.18. The molecule has 2 aromatic rings. The van der Waals surface area contributed by atoms with Crippen LogP contribution in [0.5, 0.6) is 0 Å². The van der Waals surface area contributed by atoms with Gasteiger partial charge in [0.25, 0.3) is 11.8 Å². The number of carbonyl (C=O) groups is 2. The summed E-state index contributed by atoms with van der Waals surface area (Å²) >= 11 is 0. The fourth-order valence-corrected chi connectivity index (χ4v) is 2.63. The number of aryl methyl sites for hydroxylation is 2. The first-order valence-corrected chi connectivity index (χ1v) is 7.11. The van der Waals surface area contributed by atoms with E-state index in [0.29, 0.717) is 17.7 Å². The molecule has 1 aromatic carbocycles. The number of fused-ring (bicyclic) bond motifs is 1. The maximum atomic E-state index is 12.2. The highest BCUT2D eigenvalue weighted by atomic mass is 16.2. The lowest BCUT2D eigenvalue weighted by molar-refractivity contribution is 0.0651. The number of amides is 2. The van der Waals surface area contributed by atoms with E-state index in [-0.39, 0.29) is 11.8 Å². The minimum atomic E-state index is -0.172. The standard InChI is InChI=1S/C16H17N3O2/c1-12-17-8-11-18(12)9-4-5-10-19-15(20)13-6-2-3-7-14(13)16(19)21/h2-3,6-8,11H,4-5,9-10H2,1H3. The second kappa shape index (κ2) is 5.52. The molecule has 0 saturated heterocycles. The zero-order valence-corrected chi connectivity index (χ0v) is 12.0. The van der Waals surface area contributed by atoms with Crippen LogP contribution in [-0.4, -0.2) is 32.8 Å². The molecule has 108 valence electrons. The molecular formula is C16H17N3O2. The van der Waals surface area contributed by atoms with Crippen molar-refractivity contribution in [2.45, 2.75) is 26.3 Å². The lowest BCUT2D eigenvalue weighted by atomic mass is 10.1. The van der Waals surface area contributed by atoms with Crippen LogP contribution < -0.4 is 0 Å². The van der Waals surface area contributed by atoms with Crippen molar-refractivity contribution in [2.75, 3.05) is 6.54 Å². The maximum Gasteiger partial charge on any atom is 0.261 e. The number of hydrogen-bond acceptors (Lipinski definition) is 3. The van der Waals surface area contributed by atoms with Crippen LogP contribution in [0, 0.1) is 6.92 Å². The molecule has 0 aliphatic carbocycles. The number of imide groups is 1. The van der Waals surface area contributed by atoms with Gasteiger partial charge < -0.3 is 4.57 Å². The lowest BCUT2D eigenvalue weighted by Gasteiger charge is -2.13. The van der Waals surface area contributed by atoms with E-state index in [1.807, 2.05) is 13.1 Å². The third kappa shape index (κ3) is 2.46. The summed E-state index contributed by atoms with van der Waals surface area (Å²) in [5.41, 5.74) is 1.04. The smallest absolute Gasteiger partial charge is 0.261 e. The highest BCUT2D eigenvalue weighted by Crippen LogP contribution is 2.22. The third-order valence-corrected chi connectivity index (χ3v) is 3.83. The van der Waals surface area contributed by atoms with E-state index < -0.39 is 0 Å².